The number of nitro groups is 1. The van der Waals surface area contributed by atoms with Crippen molar-refractivity contribution in [3.8, 4) is 5.75 Å². The van der Waals surface area contributed by atoms with Gasteiger partial charge in [0.05, 0.1) is 4.92 Å². The molecular weight excluding hydrogens is 344 g/mol. The van der Waals surface area contributed by atoms with Crippen molar-refractivity contribution in [1.82, 2.24) is 4.98 Å². The normalized spacial score (nSPS) is 9.95. The predicted octanol–water partition coefficient (Wildman–Crippen LogP) is 3.47. The molecule has 1 aromatic heterocycles. The molecule has 8 heteroatoms. The van der Waals surface area contributed by atoms with Gasteiger partial charge < -0.3 is 9.47 Å². The lowest BCUT2D eigenvalue weighted by Crippen LogP contribution is -2.10. The van der Waals surface area contributed by atoms with Gasteiger partial charge in [-0.2, -0.15) is 0 Å². The molecule has 1 heterocycles. The van der Waals surface area contributed by atoms with Gasteiger partial charge in [-0.15, -0.1) is 0 Å². The number of benzene rings is 1. The minimum absolute atomic E-state index is 0.0122. The van der Waals surface area contributed by atoms with Gasteiger partial charge in [0.1, 0.15) is 12.4 Å². The SMILES string of the molecule is O=C(OCc1cncc(Br)c1)Oc1ccc([N+](=O)[O-])cc1. The average molecular weight is 353 g/mol. The summed E-state index contributed by atoms with van der Waals surface area (Å²) in [7, 11) is 0. The first-order chi connectivity index (χ1) is 10.0. The van der Waals surface area contributed by atoms with Crippen LogP contribution in [0.2, 0.25) is 0 Å². The molecule has 0 fully saturated rings. The van der Waals surface area contributed by atoms with Crippen molar-refractivity contribution in [1.29, 1.82) is 0 Å². The third kappa shape index (κ3) is 4.53. The number of hydrogen-bond donors (Lipinski definition) is 0. The Morgan fingerprint density at radius 1 is 1.29 bits per heavy atom. The molecule has 0 aliphatic heterocycles. The highest BCUT2D eigenvalue weighted by Crippen LogP contribution is 2.18. The molecule has 0 atom stereocenters. The number of hydrogen-bond acceptors (Lipinski definition) is 6. The minimum Gasteiger partial charge on any atom is -0.429 e. The number of ether oxygens (including phenoxy) is 2. The van der Waals surface area contributed by atoms with E-state index in [2.05, 4.69) is 20.9 Å². The highest BCUT2D eigenvalue weighted by molar-refractivity contribution is 9.10. The molecular formula is C13H9BrN2O5. The number of rotatable bonds is 4. The molecule has 0 amide bonds. The van der Waals surface area contributed by atoms with E-state index in [1.54, 1.807) is 18.5 Å². The van der Waals surface area contributed by atoms with Gasteiger partial charge in [0.15, 0.2) is 0 Å². The average Bonchev–Trinajstić information content (AvgIpc) is 2.46. The number of carbonyl (C=O) groups is 1. The third-order valence-corrected chi connectivity index (χ3v) is 2.80. The van der Waals surface area contributed by atoms with Crippen LogP contribution in [-0.4, -0.2) is 16.1 Å². The Balaban J connectivity index is 1.88. The van der Waals surface area contributed by atoms with E-state index in [1.807, 2.05) is 0 Å². The predicted molar refractivity (Wildman–Crippen MR) is 75.8 cm³/mol. The second kappa shape index (κ2) is 6.80. The summed E-state index contributed by atoms with van der Waals surface area (Å²) < 4.78 is 10.6. The zero-order chi connectivity index (χ0) is 15.2. The van der Waals surface area contributed by atoms with Gasteiger partial charge in [-0.05, 0) is 34.1 Å². The van der Waals surface area contributed by atoms with Crippen LogP contribution in [0.4, 0.5) is 10.5 Å². The van der Waals surface area contributed by atoms with Gasteiger partial charge in [0, 0.05) is 34.6 Å². The molecule has 2 rings (SSSR count). The maximum atomic E-state index is 11.5. The Morgan fingerprint density at radius 2 is 2.00 bits per heavy atom. The van der Waals surface area contributed by atoms with E-state index < -0.39 is 11.1 Å². The lowest BCUT2D eigenvalue weighted by molar-refractivity contribution is -0.384. The molecule has 0 aliphatic rings. The molecule has 7 nitrogen and oxygen atoms in total. The van der Waals surface area contributed by atoms with Crippen molar-refractivity contribution in [3.05, 3.63) is 62.9 Å². The third-order valence-electron chi connectivity index (χ3n) is 2.37. The molecule has 0 aliphatic carbocycles. The zero-order valence-electron chi connectivity index (χ0n) is 10.6. The number of aromatic nitrogens is 1. The Labute approximate surface area is 127 Å². The summed E-state index contributed by atoms with van der Waals surface area (Å²) in [6, 6.07) is 6.87. The number of carbonyl (C=O) groups excluding carboxylic acids is 1. The van der Waals surface area contributed by atoms with Gasteiger partial charge in [-0.25, -0.2) is 4.79 Å². The summed E-state index contributed by atoms with van der Waals surface area (Å²) in [5, 5.41) is 10.5. The van der Waals surface area contributed by atoms with Crippen molar-refractivity contribution in [2.45, 2.75) is 6.61 Å². The molecule has 0 saturated carbocycles. The molecule has 108 valence electrons. The van der Waals surface area contributed by atoms with Crippen LogP contribution in [0.1, 0.15) is 5.56 Å². The summed E-state index contributed by atoms with van der Waals surface area (Å²) in [6.07, 6.45) is 2.27. The van der Waals surface area contributed by atoms with Gasteiger partial charge >= 0.3 is 6.16 Å². The maximum Gasteiger partial charge on any atom is 0.514 e. The smallest absolute Gasteiger partial charge is 0.429 e. The maximum absolute atomic E-state index is 11.5. The first-order valence-electron chi connectivity index (χ1n) is 5.73. The molecule has 0 bridgehead atoms. The summed E-state index contributed by atoms with van der Waals surface area (Å²) >= 11 is 3.25. The first kappa shape index (κ1) is 14.9. The topological polar surface area (TPSA) is 91.6 Å². The second-order valence-electron chi connectivity index (χ2n) is 3.90. The highest BCUT2D eigenvalue weighted by atomic mass is 79.9. The molecule has 2 aromatic rings. The Kier molecular flexibility index (Phi) is 4.83. The molecule has 0 radical (unpaired) electrons. The van der Waals surface area contributed by atoms with E-state index in [9.17, 15) is 14.9 Å². The van der Waals surface area contributed by atoms with Crippen LogP contribution in [0.3, 0.4) is 0 Å². The number of non-ortho nitro benzene ring substituents is 1. The van der Waals surface area contributed by atoms with E-state index in [0.29, 0.717) is 5.56 Å². The number of nitro benzene ring substituents is 1. The van der Waals surface area contributed by atoms with Gasteiger partial charge in [-0.3, -0.25) is 15.1 Å². The van der Waals surface area contributed by atoms with Crippen molar-refractivity contribution in [2.75, 3.05) is 0 Å². The quantitative estimate of drug-likeness (QED) is 0.362. The van der Waals surface area contributed by atoms with Crippen LogP contribution in [0, 0.1) is 10.1 Å². The van der Waals surface area contributed by atoms with Crippen LogP contribution in [-0.2, 0) is 11.3 Å². The zero-order valence-corrected chi connectivity index (χ0v) is 12.1. The lowest BCUT2D eigenvalue weighted by Gasteiger charge is -2.05. The fourth-order valence-electron chi connectivity index (χ4n) is 1.44. The van der Waals surface area contributed by atoms with Crippen molar-refractivity contribution in [2.24, 2.45) is 0 Å². The molecule has 1 aromatic carbocycles. The van der Waals surface area contributed by atoms with Crippen LogP contribution in [0.25, 0.3) is 0 Å². The Bertz CT molecular complexity index is 660. The standard InChI is InChI=1S/C13H9BrN2O5/c14-10-5-9(6-15-7-10)8-20-13(17)21-12-3-1-11(2-4-12)16(18)19/h1-7H,8H2. The lowest BCUT2D eigenvalue weighted by atomic mass is 10.3. The van der Waals surface area contributed by atoms with Crippen molar-refractivity contribution in [3.63, 3.8) is 0 Å². The summed E-state index contributed by atoms with van der Waals surface area (Å²) in [6.45, 7) is 0.0122. The van der Waals surface area contributed by atoms with Gasteiger partial charge in [0.25, 0.3) is 5.69 Å². The van der Waals surface area contributed by atoms with E-state index in [1.165, 1.54) is 24.3 Å². The molecule has 21 heavy (non-hydrogen) atoms. The summed E-state index contributed by atoms with van der Waals surface area (Å²) in [4.78, 5) is 25.4. The first-order valence-corrected chi connectivity index (χ1v) is 6.52. The van der Waals surface area contributed by atoms with Gasteiger partial charge in [0.2, 0.25) is 0 Å². The van der Waals surface area contributed by atoms with Crippen molar-refractivity contribution < 1.29 is 19.2 Å². The molecule has 0 spiro atoms. The van der Waals surface area contributed by atoms with Gasteiger partial charge in [-0.1, -0.05) is 0 Å². The number of nitrogens with zero attached hydrogens (tertiary/aromatic N) is 2. The van der Waals surface area contributed by atoms with Crippen LogP contribution < -0.4 is 4.74 Å². The molecule has 0 N–H and O–H groups in total. The minimum atomic E-state index is -0.899. The van der Waals surface area contributed by atoms with Crippen LogP contribution in [0.15, 0.2) is 47.2 Å². The van der Waals surface area contributed by atoms with E-state index in [0.717, 1.165) is 4.47 Å². The Morgan fingerprint density at radius 3 is 2.62 bits per heavy atom. The van der Waals surface area contributed by atoms with E-state index >= 15 is 0 Å². The highest BCUT2D eigenvalue weighted by Gasteiger charge is 2.09. The van der Waals surface area contributed by atoms with Crippen LogP contribution >= 0.6 is 15.9 Å². The largest absolute Gasteiger partial charge is 0.514 e. The molecule has 0 unspecified atom stereocenters. The van der Waals surface area contributed by atoms with E-state index in [-0.39, 0.29) is 18.0 Å². The Hall–Kier alpha value is -2.48. The number of halogens is 1. The molecule has 0 saturated heterocycles. The number of pyridine rings is 1. The summed E-state index contributed by atoms with van der Waals surface area (Å²) in [5.41, 5.74) is 0.612. The fraction of sp³-hybridized carbons (Fsp3) is 0.0769. The van der Waals surface area contributed by atoms with Crippen LogP contribution in [0.5, 0.6) is 5.75 Å². The monoisotopic (exact) mass is 352 g/mol. The fourth-order valence-corrected chi connectivity index (χ4v) is 1.85. The van der Waals surface area contributed by atoms with Crippen molar-refractivity contribution >= 4 is 27.8 Å². The van der Waals surface area contributed by atoms with E-state index in [4.69, 9.17) is 9.47 Å². The second-order valence-corrected chi connectivity index (χ2v) is 4.82. The summed E-state index contributed by atoms with van der Waals surface area (Å²) in [5.74, 6) is 0.165.